The summed E-state index contributed by atoms with van der Waals surface area (Å²) in [7, 11) is 0. The van der Waals surface area contributed by atoms with E-state index in [1.54, 1.807) is 6.08 Å². The predicted molar refractivity (Wildman–Crippen MR) is 58.4 cm³/mol. The fourth-order valence-electron chi connectivity index (χ4n) is 0.860. The first-order valence-electron chi connectivity index (χ1n) is 4.63. The number of ether oxygens (including phenoxy) is 1. The fourth-order valence-corrected chi connectivity index (χ4v) is 1.16. The SMILES string of the molecule is CC/C=C(/C(=O)CBr)C(=O)OCCC. The number of allylic oxidation sites excluding steroid dienone is 1. The normalized spacial score (nSPS) is 11.2. The molecule has 0 amide bonds. The van der Waals surface area contributed by atoms with Crippen LogP contribution in [0.4, 0.5) is 0 Å². The highest BCUT2D eigenvalue weighted by atomic mass is 79.9. The summed E-state index contributed by atoms with van der Waals surface area (Å²) in [6.45, 7) is 4.13. The molecule has 0 aliphatic heterocycles. The topological polar surface area (TPSA) is 43.4 Å². The molecule has 0 atom stereocenters. The molecule has 0 aliphatic rings. The molecule has 0 unspecified atom stereocenters. The zero-order valence-corrected chi connectivity index (χ0v) is 10.1. The van der Waals surface area contributed by atoms with Crippen LogP contribution in [0.2, 0.25) is 0 Å². The minimum Gasteiger partial charge on any atom is -0.462 e. The summed E-state index contributed by atoms with van der Waals surface area (Å²) < 4.78 is 4.88. The van der Waals surface area contributed by atoms with Crippen molar-refractivity contribution in [3.05, 3.63) is 11.6 Å². The van der Waals surface area contributed by atoms with Gasteiger partial charge in [0, 0.05) is 0 Å². The lowest BCUT2D eigenvalue weighted by atomic mass is 10.1. The number of esters is 1. The molecule has 0 N–H and O–H groups in total. The molecule has 0 radical (unpaired) electrons. The summed E-state index contributed by atoms with van der Waals surface area (Å²) in [6, 6.07) is 0. The summed E-state index contributed by atoms with van der Waals surface area (Å²) in [5, 5.41) is 0.153. The molecule has 14 heavy (non-hydrogen) atoms. The van der Waals surface area contributed by atoms with Crippen LogP contribution >= 0.6 is 15.9 Å². The van der Waals surface area contributed by atoms with Crippen molar-refractivity contribution in [1.82, 2.24) is 0 Å². The average molecular weight is 263 g/mol. The van der Waals surface area contributed by atoms with E-state index in [2.05, 4.69) is 15.9 Å². The number of rotatable bonds is 6. The quantitative estimate of drug-likeness (QED) is 0.243. The molecule has 3 nitrogen and oxygen atoms in total. The average Bonchev–Trinajstić information content (AvgIpc) is 2.21. The Balaban J connectivity index is 4.42. The highest BCUT2D eigenvalue weighted by molar-refractivity contribution is 9.09. The molecule has 0 saturated carbocycles. The van der Waals surface area contributed by atoms with Gasteiger partial charge in [-0.25, -0.2) is 4.79 Å². The molecule has 0 aromatic heterocycles. The Kier molecular flexibility index (Phi) is 7.38. The molecule has 0 bridgehead atoms. The maximum absolute atomic E-state index is 11.4. The first-order chi connectivity index (χ1) is 6.67. The van der Waals surface area contributed by atoms with Gasteiger partial charge in [-0.2, -0.15) is 0 Å². The van der Waals surface area contributed by atoms with Crippen LogP contribution in [-0.2, 0) is 14.3 Å². The second-order valence-electron chi connectivity index (χ2n) is 2.72. The number of alkyl halides is 1. The summed E-state index contributed by atoms with van der Waals surface area (Å²) in [5.74, 6) is -0.744. The molecular weight excluding hydrogens is 248 g/mol. The molecule has 4 heteroatoms. The van der Waals surface area contributed by atoms with Gasteiger partial charge in [-0.1, -0.05) is 35.9 Å². The van der Waals surface area contributed by atoms with Crippen molar-refractivity contribution in [3.8, 4) is 0 Å². The highest BCUT2D eigenvalue weighted by Gasteiger charge is 2.17. The zero-order chi connectivity index (χ0) is 11.0. The Labute approximate surface area is 92.6 Å². The van der Waals surface area contributed by atoms with Crippen molar-refractivity contribution in [2.75, 3.05) is 11.9 Å². The van der Waals surface area contributed by atoms with Gasteiger partial charge in [-0.15, -0.1) is 0 Å². The molecular formula is C10H15BrO3. The Hall–Kier alpha value is -0.640. The van der Waals surface area contributed by atoms with Gasteiger partial charge in [0.2, 0.25) is 0 Å². The number of carbonyl (C=O) groups is 2. The lowest BCUT2D eigenvalue weighted by molar-refractivity contribution is -0.140. The van der Waals surface area contributed by atoms with Crippen molar-refractivity contribution < 1.29 is 14.3 Å². The van der Waals surface area contributed by atoms with Crippen LogP contribution in [0.1, 0.15) is 26.7 Å². The first-order valence-corrected chi connectivity index (χ1v) is 5.75. The molecule has 0 spiro atoms. The molecule has 0 rings (SSSR count). The minimum absolute atomic E-state index is 0.151. The zero-order valence-electron chi connectivity index (χ0n) is 8.51. The highest BCUT2D eigenvalue weighted by Crippen LogP contribution is 2.04. The van der Waals surface area contributed by atoms with E-state index in [0.29, 0.717) is 13.0 Å². The molecule has 0 fully saturated rings. The number of halogens is 1. The van der Waals surface area contributed by atoms with Gasteiger partial charge in [-0.3, -0.25) is 4.79 Å². The third-order valence-corrected chi connectivity index (χ3v) is 2.00. The second kappa shape index (κ2) is 7.74. The third-order valence-electron chi connectivity index (χ3n) is 1.49. The van der Waals surface area contributed by atoms with Gasteiger partial charge in [-0.05, 0) is 12.8 Å². The van der Waals surface area contributed by atoms with Gasteiger partial charge in [0.15, 0.2) is 5.78 Å². The van der Waals surface area contributed by atoms with Crippen molar-refractivity contribution in [2.24, 2.45) is 0 Å². The van der Waals surface area contributed by atoms with E-state index in [1.165, 1.54) is 0 Å². The van der Waals surface area contributed by atoms with E-state index in [1.807, 2.05) is 13.8 Å². The molecule has 0 heterocycles. The van der Waals surface area contributed by atoms with Crippen LogP contribution < -0.4 is 0 Å². The summed E-state index contributed by atoms with van der Waals surface area (Å²) >= 11 is 3.02. The van der Waals surface area contributed by atoms with Gasteiger partial charge >= 0.3 is 5.97 Å². The van der Waals surface area contributed by atoms with Crippen LogP contribution in [0.25, 0.3) is 0 Å². The first kappa shape index (κ1) is 13.4. The van der Waals surface area contributed by atoms with Gasteiger partial charge in [0.1, 0.15) is 0 Å². The Morgan fingerprint density at radius 2 is 2.00 bits per heavy atom. The van der Waals surface area contributed by atoms with Crippen LogP contribution in [0.5, 0.6) is 0 Å². The monoisotopic (exact) mass is 262 g/mol. The summed E-state index contributed by atoms with van der Waals surface area (Å²) in [5.41, 5.74) is 0.151. The number of carbonyl (C=O) groups excluding carboxylic acids is 2. The molecule has 0 aromatic rings. The fraction of sp³-hybridized carbons (Fsp3) is 0.600. The second-order valence-corrected chi connectivity index (χ2v) is 3.28. The van der Waals surface area contributed by atoms with Gasteiger partial charge in [0.05, 0.1) is 17.5 Å². The van der Waals surface area contributed by atoms with E-state index in [9.17, 15) is 9.59 Å². The number of hydrogen-bond donors (Lipinski definition) is 0. The number of hydrogen-bond acceptors (Lipinski definition) is 3. The van der Waals surface area contributed by atoms with E-state index in [0.717, 1.165) is 6.42 Å². The third kappa shape index (κ3) is 4.56. The Morgan fingerprint density at radius 1 is 1.36 bits per heavy atom. The van der Waals surface area contributed by atoms with E-state index < -0.39 is 5.97 Å². The van der Waals surface area contributed by atoms with Crippen LogP contribution in [-0.4, -0.2) is 23.7 Å². The van der Waals surface area contributed by atoms with E-state index in [4.69, 9.17) is 4.74 Å². The van der Waals surface area contributed by atoms with Crippen molar-refractivity contribution in [3.63, 3.8) is 0 Å². The predicted octanol–water partition coefficient (Wildman–Crippen LogP) is 2.24. The van der Waals surface area contributed by atoms with Gasteiger partial charge < -0.3 is 4.74 Å². The maximum Gasteiger partial charge on any atom is 0.341 e. The van der Waals surface area contributed by atoms with Crippen LogP contribution in [0, 0.1) is 0 Å². The summed E-state index contributed by atoms with van der Waals surface area (Å²) in [6.07, 6.45) is 3.00. The van der Waals surface area contributed by atoms with Crippen LogP contribution in [0.15, 0.2) is 11.6 Å². The van der Waals surface area contributed by atoms with Crippen LogP contribution in [0.3, 0.4) is 0 Å². The lowest BCUT2D eigenvalue weighted by Gasteiger charge is -2.04. The van der Waals surface area contributed by atoms with E-state index in [-0.39, 0.29) is 16.7 Å². The molecule has 0 aromatic carbocycles. The van der Waals surface area contributed by atoms with Gasteiger partial charge in [0.25, 0.3) is 0 Å². The Bertz CT molecular complexity index is 234. The van der Waals surface area contributed by atoms with E-state index >= 15 is 0 Å². The molecule has 0 saturated heterocycles. The summed E-state index contributed by atoms with van der Waals surface area (Å²) in [4.78, 5) is 22.7. The largest absolute Gasteiger partial charge is 0.462 e. The number of ketones is 1. The molecule has 80 valence electrons. The van der Waals surface area contributed by atoms with Crippen molar-refractivity contribution >= 4 is 27.7 Å². The standard InChI is InChI=1S/C10H15BrO3/c1-3-5-8(9(12)7-11)10(13)14-6-4-2/h5H,3-4,6-7H2,1-2H3/b8-5-. The lowest BCUT2D eigenvalue weighted by Crippen LogP contribution is -2.17. The van der Waals surface area contributed by atoms with Crippen molar-refractivity contribution in [1.29, 1.82) is 0 Å². The maximum atomic E-state index is 11.4. The minimum atomic E-state index is -0.516. The van der Waals surface area contributed by atoms with Crippen molar-refractivity contribution in [2.45, 2.75) is 26.7 Å². The smallest absolute Gasteiger partial charge is 0.341 e. The Morgan fingerprint density at radius 3 is 2.43 bits per heavy atom. The number of Topliss-reactive ketones (excluding diaryl/α,β-unsaturated/α-hetero) is 1. The molecule has 0 aliphatic carbocycles.